The Balaban J connectivity index is 1.96. The van der Waals surface area contributed by atoms with Crippen molar-refractivity contribution in [1.29, 1.82) is 0 Å². The number of nitrogen functional groups attached to an aromatic ring is 1. The third kappa shape index (κ3) is 2.43. The van der Waals surface area contributed by atoms with Crippen molar-refractivity contribution in [3.63, 3.8) is 0 Å². The van der Waals surface area contributed by atoms with Crippen LogP contribution < -0.4 is 11.1 Å². The van der Waals surface area contributed by atoms with Crippen molar-refractivity contribution < 1.29 is 0 Å². The molecule has 3 N–H and O–H groups in total. The zero-order chi connectivity index (χ0) is 14.1. The molecule has 0 aliphatic carbocycles. The van der Waals surface area contributed by atoms with E-state index in [0.29, 0.717) is 5.69 Å². The third-order valence-corrected chi connectivity index (χ3v) is 3.36. The summed E-state index contributed by atoms with van der Waals surface area (Å²) in [4.78, 5) is 4.33. The number of rotatable bonds is 2. The number of anilines is 3. The number of hydrogen-bond donors (Lipinski definition) is 2. The van der Waals surface area contributed by atoms with Crippen molar-refractivity contribution in [3.8, 4) is 0 Å². The van der Waals surface area contributed by atoms with E-state index >= 15 is 0 Å². The average molecular weight is 263 g/mol. The normalized spacial score (nSPS) is 10.7. The minimum atomic E-state index is 0.682. The molecule has 100 valence electrons. The summed E-state index contributed by atoms with van der Waals surface area (Å²) in [5, 5.41) is 5.80. The van der Waals surface area contributed by atoms with Gasteiger partial charge in [-0.3, -0.25) is 0 Å². The Morgan fingerprint density at radius 3 is 2.50 bits per heavy atom. The Morgan fingerprint density at radius 1 is 0.950 bits per heavy atom. The molecule has 3 rings (SSSR count). The number of aryl methyl sites for hydroxylation is 2. The number of nitrogens with two attached hydrogens (primary N) is 1. The fourth-order valence-electron chi connectivity index (χ4n) is 2.31. The first-order valence-electron chi connectivity index (χ1n) is 6.61. The zero-order valence-electron chi connectivity index (χ0n) is 11.6. The van der Waals surface area contributed by atoms with Gasteiger partial charge in [0.05, 0.1) is 11.9 Å². The van der Waals surface area contributed by atoms with Gasteiger partial charge in [-0.1, -0.05) is 29.8 Å². The van der Waals surface area contributed by atoms with Crippen LogP contribution in [0.1, 0.15) is 11.1 Å². The van der Waals surface area contributed by atoms with Crippen LogP contribution in [0.25, 0.3) is 10.8 Å². The summed E-state index contributed by atoms with van der Waals surface area (Å²) in [6.45, 7) is 4.10. The Hall–Kier alpha value is -2.55. The maximum Gasteiger partial charge on any atom is 0.133 e. The lowest BCUT2D eigenvalue weighted by Gasteiger charge is -2.10. The molecule has 1 heterocycles. The van der Waals surface area contributed by atoms with Gasteiger partial charge in [0.25, 0.3) is 0 Å². The van der Waals surface area contributed by atoms with E-state index in [1.165, 1.54) is 16.3 Å². The molecule has 3 aromatic rings. The van der Waals surface area contributed by atoms with Crippen LogP contribution in [0, 0.1) is 13.8 Å². The molecular formula is C17H17N3. The van der Waals surface area contributed by atoms with Crippen molar-refractivity contribution in [2.24, 2.45) is 0 Å². The van der Waals surface area contributed by atoms with Gasteiger partial charge in [0.1, 0.15) is 5.82 Å². The molecule has 0 spiro atoms. The second-order valence-corrected chi connectivity index (χ2v) is 5.12. The van der Waals surface area contributed by atoms with Crippen LogP contribution in [0.3, 0.4) is 0 Å². The maximum absolute atomic E-state index is 5.72. The van der Waals surface area contributed by atoms with Crippen LogP contribution in [0.5, 0.6) is 0 Å². The van der Waals surface area contributed by atoms with Crippen molar-refractivity contribution in [2.45, 2.75) is 13.8 Å². The lowest BCUT2D eigenvalue weighted by molar-refractivity contribution is 1.26. The average Bonchev–Trinajstić information content (AvgIpc) is 2.42. The summed E-state index contributed by atoms with van der Waals surface area (Å²) >= 11 is 0. The zero-order valence-corrected chi connectivity index (χ0v) is 11.6. The number of nitrogens with zero attached hydrogens (tertiary/aromatic N) is 1. The van der Waals surface area contributed by atoms with Crippen LogP contribution in [0.15, 0.2) is 48.7 Å². The Labute approximate surface area is 118 Å². The monoisotopic (exact) mass is 263 g/mol. The quantitative estimate of drug-likeness (QED) is 0.729. The van der Waals surface area contributed by atoms with Crippen LogP contribution in [-0.4, -0.2) is 4.98 Å². The van der Waals surface area contributed by atoms with Gasteiger partial charge >= 0.3 is 0 Å². The van der Waals surface area contributed by atoms with Crippen LogP contribution >= 0.6 is 0 Å². The summed E-state index contributed by atoms with van der Waals surface area (Å²) in [6, 6.07) is 14.7. The molecule has 0 bridgehead atoms. The van der Waals surface area contributed by atoms with E-state index in [-0.39, 0.29) is 0 Å². The molecule has 3 heteroatoms. The molecular weight excluding hydrogens is 246 g/mol. The molecule has 0 saturated carbocycles. The maximum atomic E-state index is 5.72. The molecule has 3 nitrogen and oxygen atoms in total. The second-order valence-electron chi connectivity index (χ2n) is 5.12. The molecule has 0 aliphatic heterocycles. The molecule has 0 amide bonds. The molecule has 20 heavy (non-hydrogen) atoms. The Kier molecular flexibility index (Phi) is 3.03. The first kappa shape index (κ1) is 12.5. The SMILES string of the molecule is Cc1ccc2cc(Nc3ncc(N)cc3C)ccc2c1. The smallest absolute Gasteiger partial charge is 0.133 e. The van der Waals surface area contributed by atoms with Crippen LogP contribution in [-0.2, 0) is 0 Å². The number of hydrogen-bond acceptors (Lipinski definition) is 3. The number of nitrogens with one attached hydrogen (secondary N) is 1. The van der Waals surface area contributed by atoms with E-state index in [1.807, 2.05) is 13.0 Å². The number of pyridine rings is 1. The highest BCUT2D eigenvalue weighted by atomic mass is 15.0. The van der Waals surface area contributed by atoms with Crippen molar-refractivity contribution in [2.75, 3.05) is 11.1 Å². The molecule has 0 fully saturated rings. The largest absolute Gasteiger partial charge is 0.397 e. The van der Waals surface area contributed by atoms with Gasteiger partial charge in [0.2, 0.25) is 0 Å². The summed E-state index contributed by atoms with van der Waals surface area (Å²) in [7, 11) is 0. The van der Waals surface area contributed by atoms with Gasteiger partial charge in [0, 0.05) is 5.69 Å². The molecule has 0 radical (unpaired) electrons. The molecule has 0 aliphatic rings. The van der Waals surface area contributed by atoms with Gasteiger partial charge in [-0.15, -0.1) is 0 Å². The van der Waals surface area contributed by atoms with Gasteiger partial charge in [0.15, 0.2) is 0 Å². The van der Waals surface area contributed by atoms with Gasteiger partial charge < -0.3 is 11.1 Å². The van der Waals surface area contributed by atoms with Crippen molar-refractivity contribution in [1.82, 2.24) is 4.98 Å². The van der Waals surface area contributed by atoms with E-state index in [0.717, 1.165) is 17.1 Å². The van der Waals surface area contributed by atoms with E-state index in [1.54, 1.807) is 6.20 Å². The van der Waals surface area contributed by atoms with Crippen LogP contribution in [0.4, 0.5) is 17.2 Å². The highest BCUT2D eigenvalue weighted by Gasteiger charge is 2.02. The van der Waals surface area contributed by atoms with Crippen molar-refractivity contribution >= 4 is 28.0 Å². The lowest BCUT2D eigenvalue weighted by Crippen LogP contribution is -1.98. The highest BCUT2D eigenvalue weighted by Crippen LogP contribution is 2.24. The van der Waals surface area contributed by atoms with E-state index in [9.17, 15) is 0 Å². The first-order chi connectivity index (χ1) is 9.61. The fourth-order valence-corrected chi connectivity index (χ4v) is 2.31. The molecule has 0 saturated heterocycles. The van der Waals surface area contributed by atoms with E-state index < -0.39 is 0 Å². The molecule has 0 unspecified atom stereocenters. The Morgan fingerprint density at radius 2 is 1.70 bits per heavy atom. The lowest BCUT2D eigenvalue weighted by atomic mass is 10.1. The molecule has 1 aromatic heterocycles. The van der Waals surface area contributed by atoms with Gasteiger partial charge in [-0.2, -0.15) is 0 Å². The molecule has 2 aromatic carbocycles. The predicted octanol–water partition coefficient (Wildman–Crippen LogP) is 4.18. The van der Waals surface area contributed by atoms with Crippen LogP contribution in [0.2, 0.25) is 0 Å². The molecule has 0 atom stereocenters. The number of aromatic nitrogens is 1. The highest BCUT2D eigenvalue weighted by molar-refractivity contribution is 5.87. The minimum absolute atomic E-state index is 0.682. The minimum Gasteiger partial charge on any atom is -0.397 e. The Bertz CT molecular complexity index is 778. The van der Waals surface area contributed by atoms with Gasteiger partial charge in [-0.25, -0.2) is 4.98 Å². The summed E-state index contributed by atoms with van der Waals surface area (Å²) in [5.74, 6) is 0.839. The topological polar surface area (TPSA) is 50.9 Å². The fraction of sp³-hybridized carbons (Fsp3) is 0.118. The number of fused-ring (bicyclic) bond motifs is 1. The third-order valence-electron chi connectivity index (χ3n) is 3.36. The van der Waals surface area contributed by atoms with Crippen molar-refractivity contribution in [3.05, 3.63) is 59.8 Å². The van der Waals surface area contributed by atoms with E-state index in [2.05, 4.69) is 53.6 Å². The summed E-state index contributed by atoms with van der Waals surface area (Å²) in [5.41, 5.74) is 9.74. The first-order valence-corrected chi connectivity index (χ1v) is 6.61. The summed E-state index contributed by atoms with van der Waals surface area (Å²) < 4.78 is 0. The predicted molar refractivity (Wildman–Crippen MR) is 85.4 cm³/mol. The standard InChI is InChI=1S/C17H17N3/c1-11-3-4-14-9-16(6-5-13(14)7-11)20-17-12(2)8-15(18)10-19-17/h3-10H,18H2,1-2H3,(H,19,20). The van der Waals surface area contributed by atoms with E-state index in [4.69, 9.17) is 5.73 Å². The second kappa shape index (κ2) is 4.85. The number of benzene rings is 2. The van der Waals surface area contributed by atoms with Gasteiger partial charge in [-0.05, 0) is 48.4 Å². The summed E-state index contributed by atoms with van der Waals surface area (Å²) in [6.07, 6.45) is 1.67.